The minimum absolute atomic E-state index is 0.0784. The van der Waals surface area contributed by atoms with Gasteiger partial charge in [0.25, 0.3) is 0 Å². The molecular weight excluding hydrogens is 322 g/mol. The molecule has 3 rings (SSSR count). The SMILES string of the molecule is COc1c(F)cccc1Oc1ccc(OB2OC(C)(C)C2(C)C)cc1. The number of methoxy groups -OCH3 is 1. The number of para-hydroxylation sites is 1. The van der Waals surface area contributed by atoms with E-state index in [0.717, 1.165) is 0 Å². The molecule has 1 aliphatic rings. The average molecular weight is 344 g/mol. The second kappa shape index (κ2) is 6.26. The molecule has 6 heteroatoms. The first-order valence-corrected chi connectivity index (χ1v) is 8.19. The first-order chi connectivity index (χ1) is 11.7. The van der Waals surface area contributed by atoms with Gasteiger partial charge in [0, 0.05) is 5.31 Å². The van der Waals surface area contributed by atoms with Crippen LogP contribution in [0.4, 0.5) is 4.39 Å². The third kappa shape index (κ3) is 3.18. The minimum atomic E-state index is -0.466. The Kier molecular flexibility index (Phi) is 4.41. The highest BCUT2D eigenvalue weighted by Gasteiger charge is 2.62. The second-order valence-electron chi connectivity index (χ2n) is 7.14. The summed E-state index contributed by atoms with van der Waals surface area (Å²) in [6, 6.07) is 11.7. The molecule has 0 aromatic heterocycles. The molecule has 132 valence electrons. The van der Waals surface area contributed by atoms with Gasteiger partial charge in [0.05, 0.1) is 12.7 Å². The van der Waals surface area contributed by atoms with Crippen LogP contribution < -0.4 is 14.1 Å². The summed E-state index contributed by atoms with van der Waals surface area (Å²) >= 11 is 0. The van der Waals surface area contributed by atoms with Gasteiger partial charge >= 0.3 is 7.12 Å². The normalized spacial score (nSPS) is 17.6. The smallest absolute Gasteiger partial charge is 0.534 e. The van der Waals surface area contributed by atoms with Gasteiger partial charge in [-0.3, -0.25) is 0 Å². The molecule has 1 saturated heterocycles. The van der Waals surface area contributed by atoms with Crippen LogP contribution in [-0.2, 0) is 4.65 Å². The lowest BCUT2D eigenvalue weighted by Crippen LogP contribution is -2.64. The van der Waals surface area contributed by atoms with Gasteiger partial charge in [-0.1, -0.05) is 19.9 Å². The number of halogens is 1. The lowest BCUT2D eigenvalue weighted by Gasteiger charge is -2.54. The minimum Gasteiger partial charge on any atom is -0.536 e. The Balaban J connectivity index is 1.69. The molecule has 4 nitrogen and oxygen atoms in total. The van der Waals surface area contributed by atoms with Crippen molar-refractivity contribution in [1.29, 1.82) is 0 Å². The zero-order valence-corrected chi connectivity index (χ0v) is 15.1. The van der Waals surface area contributed by atoms with E-state index in [2.05, 4.69) is 27.7 Å². The highest BCUT2D eigenvalue weighted by atomic mass is 19.1. The van der Waals surface area contributed by atoms with Crippen molar-refractivity contribution in [3.63, 3.8) is 0 Å². The van der Waals surface area contributed by atoms with E-state index in [1.54, 1.807) is 36.4 Å². The Hall–Kier alpha value is -2.21. The number of ether oxygens (including phenoxy) is 2. The number of benzene rings is 2. The Bertz CT molecular complexity index is 759. The lowest BCUT2D eigenvalue weighted by atomic mass is 9.45. The fraction of sp³-hybridized carbons (Fsp3) is 0.368. The maximum atomic E-state index is 13.7. The topological polar surface area (TPSA) is 36.9 Å². The Morgan fingerprint density at radius 1 is 0.960 bits per heavy atom. The largest absolute Gasteiger partial charge is 0.536 e. The first kappa shape index (κ1) is 17.6. The Morgan fingerprint density at radius 2 is 1.60 bits per heavy atom. The molecule has 1 aliphatic heterocycles. The molecule has 0 N–H and O–H groups in total. The van der Waals surface area contributed by atoms with Gasteiger partial charge in [0.2, 0.25) is 0 Å². The molecule has 0 unspecified atom stereocenters. The zero-order valence-electron chi connectivity index (χ0n) is 15.1. The highest BCUT2D eigenvalue weighted by Crippen LogP contribution is 2.53. The maximum absolute atomic E-state index is 13.7. The van der Waals surface area contributed by atoms with Crippen molar-refractivity contribution < 1.29 is 23.2 Å². The fourth-order valence-electron chi connectivity index (χ4n) is 2.57. The van der Waals surface area contributed by atoms with Crippen molar-refractivity contribution in [3.05, 3.63) is 48.3 Å². The summed E-state index contributed by atoms with van der Waals surface area (Å²) in [6.07, 6.45) is 0. The van der Waals surface area contributed by atoms with Crippen molar-refractivity contribution in [2.24, 2.45) is 0 Å². The molecule has 0 saturated carbocycles. The van der Waals surface area contributed by atoms with Crippen molar-refractivity contribution >= 4 is 7.12 Å². The molecule has 0 atom stereocenters. The molecule has 0 amide bonds. The van der Waals surface area contributed by atoms with Crippen molar-refractivity contribution in [2.75, 3.05) is 7.11 Å². The van der Waals surface area contributed by atoms with Crippen LogP contribution in [-0.4, -0.2) is 19.8 Å². The predicted octanol–water partition coefficient (Wildman–Crippen LogP) is 5.08. The van der Waals surface area contributed by atoms with Crippen LogP contribution in [0.15, 0.2) is 42.5 Å². The van der Waals surface area contributed by atoms with Crippen LogP contribution in [0.1, 0.15) is 27.7 Å². The van der Waals surface area contributed by atoms with Crippen LogP contribution in [0, 0.1) is 5.82 Å². The standard InChI is InChI=1S/C19H22BFO4/c1-18(2)19(3,4)25-20(18)24-14-11-9-13(10-12-14)23-16-8-6-7-15(21)17(16)22-5/h6-12H,1-5H3. The summed E-state index contributed by atoms with van der Waals surface area (Å²) in [7, 11) is 1.11. The van der Waals surface area contributed by atoms with Crippen molar-refractivity contribution in [2.45, 2.75) is 38.6 Å². The third-order valence-corrected chi connectivity index (χ3v) is 4.97. The van der Waals surface area contributed by atoms with E-state index in [1.807, 2.05) is 0 Å². The molecule has 2 aromatic rings. The highest BCUT2D eigenvalue weighted by molar-refractivity contribution is 6.53. The summed E-state index contributed by atoms with van der Waals surface area (Å²) in [5.74, 6) is 1.18. The molecule has 0 bridgehead atoms. The summed E-state index contributed by atoms with van der Waals surface area (Å²) in [5, 5.41) is -0.0862. The van der Waals surface area contributed by atoms with E-state index >= 15 is 0 Å². The third-order valence-electron chi connectivity index (χ3n) is 4.97. The quantitative estimate of drug-likeness (QED) is 0.709. The van der Waals surface area contributed by atoms with Crippen molar-refractivity contribution in [3.8, 4) is 23.0 Å². The Morgan fingerprint density at radius 3 is 2.16 bits per heavy atom. The van der Waals surface area contributed by atoms with E-state index in [1.165, 1.54) is 13.2 Å². The van der Waals surface area contributed by atoms with Crippen molar-refractivity contribution in [1.82, 2.24) is 0 Å². The first-order valence-electron chi connectivity index (χ1n) is 8.19. The van der Waals surface area contributed by atoms with Gasteiger partial charge in [-0.2, -0.15) is 0 Å². The summed E-state index contributed by atoms with van der Waals surface area (Å²) in [6.45, 7) is 8.34. The van der Waals surface area contributed by atoms with E-state index in [4.69, 9.17) is 18.8 Å². The van der Waals surface area contributed by atoms with Gasteiger partial charge in [-0.15, -0.1) is 0 Å². The van der Waals surface area contributed by atoms with Crippen LogP contribution in [0.25, 0.3) is 0 Å². The average Bonchev–Trinajstić information content (AvgIpc) is 2.56. The van der Waals surface area contributed by atoms with Gasteiger partial charge in [-0.25, -0.2) is 4.39 Å². The second-order valence-corrected chi connectivity index (χ2v) is 7.14. The number of rotatable bonds is 5. The molecule has 2 aromatic carbocycles. The molecular formula is C19H22BFO4. The summed E-state index contributed by atoms with van der Waals surface area (Å²) in [5.41, 5.74) is -0.214. The van der Waals surface area contributed by atoms with Gasteiger partial charge in [0.15, 0.2) is 17.3 Å². The zero-order chi connectivity index (χ0) is 18.2. The lowest BCUT2D eigenvalue weighted by molar-refractivity contribution is -0.0412. The van der Waals surface area contributed by atoms with Gasteiger partial charge < -0.3 is 18.8 Å². The fourth-order valence-corrected chi connectivity index (χ4v) is 2.57. The molecule has 0 radical (unpaired) electrons. The van der Waals surface area contributed by atoms with Gasteiger partial charge in [-0.05, 0) is 50.2 Å². The molecule has 25 heavy (non-hydrogen) atoms. The van der Waals surface area contributed by atoms with E-state index in [-0.39, 0.29) is 23.8 Å². The van der Waals surface area contributed by atoms with Crippen LogP contribution in [0.5, 0.6) is 23.0 Å². The number of hydrogen-bond donors (Lipinski definition) is 0. The summed E-state index contributed by atoms with van der Waals surface area (Å²) < 4.78 is 36.2. The van der Waals surface area contributed by atoms with E-state index in [0.29, 0.717) is 17.2 Å². The summed E-state index contributed by atoms with van der Waals surface area (Å²) in [4.78, 5) is 0. The molecule has 1 heterocycles. The van der Waals surface area contributed by atoms with E-state index in [9.17, 15) is 4.39 Å². The Labute approximate surface area is 148 Å². The predicted molar refractivity (Wildman–Crippen MR) is 95.1 cm³/mol. The van der Waals surface area contributed by atoms with Crippen LogP contribution in [0.2, 0.25) is 5.31 Å². The van der Waals surface area contributed by atoms with Crippen LogP contribution >= 0.6 is 0 Å². The maximum Gasteiger partial charge on any atom is 0.534 e. The number of hydrogen-bond acceptors (Lipinski definition) is 4. The van der Waals surface area contributed by atoms with Crippen LogP contribution in [0.3, 0.4) is 0 Å². The molecule has 1 fully saturated rings. The molecule has 0 spiro atoms. The van der Waals surface area contributed by atoms with E-state index < -0.39 is 5.82 Å². The van der Waals surface area contributed by atoms with Gasteiger partial charge in [0.1, 0.15) is 11.5 Å². The molecule has 0 aliphatic carbocycles. The monoisotopic (exact) mass is 344 g/mol.